The number of carbonyl (C=O) groups is 4. The summed E-state index contributed by atoms with van der Waals surface area (Å²) in [6, 6.07) is 5.64. The van der Waals surface area contributed by atoms with Crippen LogP contribution in [0, 0.1) is 6.92 Å². The fourth-order valence-electron chi connectivity index (χ4n) is 2.72. The third-order valence-corrected chi connectivity index (χ3v) is 4.89. The fourth-order valence-corrected chi connectivity index (χ4v) is 3.19. The van der Waals surface area contributed by atoms with Crippen molar-refractivity contribution in [3.05, 3.63) is 35.4 Å². The van der Waals surface area contributed by atoms with Gasteiger partial charge in [-0.15, -0.1) is 0 Å². The minimum atomic E-state index is -1.12. The quantitative estimate of drug-likeness (QED) is 0.630. The van der Waals surface area contributed by atoms with Crippen LogP contribution in [-0.4, -0.2) is 66.0 Å². The molecule has 2 rings (SSSR count). The van der Waals surface area contributed by atoms with Gasteiger partial charge in [-0.25, -0.2) is 9.59 Å². The highest BCUT2D eigenvalue weighted by molar-refractivity contribution is 7.98. The molecule has 8 nitrogen and oxygen atoms in total. The Balaban J connectivity index is 2.02. The number of rotatable bonds is 8. The maximum Gasteiger partial charge on any atom is 0.329 e. The van der Waals surface area contributed by atoms with E-state index in [1.54, 1.807) is 18.2 Å². The highest BCUT2D eigenvalue weighted by Gasteiger charge is 2.33. The number of carbonyl (C=O) groups excluding carboxylic acids is 4. The summed E-state index contributed by atoms with van der Waals surface area (Å²) in [7, 11) is 0. The number of nitrogens with one attached hydrogen (secondary N) is 2. The Morgan fingerprint density at radius 1 is 1.36 bits per heavy atom. The number of ether oxygens (including phenoxy) is 1. The lowest BCUT2D eigenvalue weighted by molar-refractivity contribution is -0.159. The second kappa shape index (κ2) is 10.1. The molecule has 1 aliphatic heterocycles. The van der Waals surface area contributed by atoms with Gasteiger partial charge in [-0.1, -0.05) is 17.7 Å². The van der Waals surface area contributed by atoms with Gasteiger partial charge < -0.3 is 15.4 Å². The zero-order valence-corrected chi connectivity index (χ0v) is 17.0. The van der Waals surface area contributed by atoms with E-state index in [4.69, 9.17) is 4.74 Å². The van der Waals surface area contributed by atoms with Crippen molar-refractivity contribution in [3.63, 3.8) is 0 Å². The summed E-state index contributed by atoms with van der Waals surface area (Å²) in [5.74, 6) is -1.04. The maximum absolute atomic E-state index is 12.6. The third-order valence-electron chi connectivity index (χ3n) is 4.24. The van der Waals surface area contributed by atoms with E-state index < -0.39 is 30.1 Å². The van der Waals surface area contributed by atoms with E-state index in [2.05, 4.69) is 10.6 Å². The molecule has 2 N–H and O–H groups in total. The Kier molecular flexibility index (Phi) is 7.86. The molecule has 0 saturated carbocycles. The predicted octanol–water partition coefficient (Wildman–Crippen LogP) is 1.33. The van der Waals surface area contributed by atoms with Gasteiger partial charge in [0.1, 0.15) is 6.04 Å². The summed E-state index contributed by atoms with van der Waals surface area (Å²) in [6.07, 6.45) is 1.13. The van der Waals surface area contributed by atoms with Gasteiger partial charge in [0.15, 0.2) is 6.10 Å². The largest absolute Gasteiger partial charge is 0.451 e. The molecule has 1 saturated heterocycles. The molecule has 4 amide bonds. The van der Waals surface area contributed by atoms with Crippen molar-refractivity contribution in [1.29, 1.82) is 0 Å². The minimum absolute atomic E-state index is 0.236. The van der Waals surface area contributed by atoms with E-state index in [1.807, 2.05) is 19.2 Å². The second-order valence-electron chi connectivity index (χ2n) is 6.48. The molecule has 1 fully saturated rings. The van der Waals surface area contributed by atoms with Gasteiger partial charge in [-0.2, -0.15) is 11.8 Å². The van der Waals surface area contributed by atoms with Crippen LogP contribution in [0.2, 0.25) is 0 Å². The summed E-state index contributed by atoms with van der Waals surface area (Å²) in [4.78, 5) is 50.0. The van der Waals surface area contributed by atoms with Crippen molar-refractivity contribution in [2.24, 2.45) is 0 Å². The molecule has 1 heterocycles. The number of hydrogen-bond donors (Lipinski definition) is 2. The molecule has 0 aliphatic carbocycles. The second-order valence-corrected chi connectivity index (χ2v) is 7.46. The lowest BCUT2D eigenvalue weighted by atomic mass is 10.1. The van der Waals surface area contributed by atoms with Crippen LogP contribution in [0.5, 0.6) is 0 Å². The van der Waals surface area contributed by atoms with Crippen molar-refractivity contribution in [1.82, 2.24) is 15.5 Å². The van der Waals surface area contributed by atoms with Gasteiger partial charge in [0.05, 0.1) is 0 Å². The number of imide groups is 1. The first-order valence-electron chi connectivity index (χ1n) is 8.99. The van der Waals surface area contributed by atoms with Crippen LogP contribution in [0.4, 0.5) is 4.79 Å². The van der Waals surface area contributed by atoms with Crippen LogP contribution in [0.3, 0.4) is 0 Å². The smallest absolute Gasteiger partial charge is 0.329 e. The molecule has 0 spiro atoms. The Morgan fingerprint density at radius 3 is 2.71 bits per heavy atom. The van der Waals surface area contributed by atoms with Crippen molar-refractivity contribution in [2.75, 3.05) is 25.1 Å². The first-order chi connectivity index (χ1) is 13.3. The molecule has 152 valence electrons. The highest BCUT2D eigenvalue weighted by Crippen LogP contribution is 2.10. The summed E-state index contributed by atoms with van der Waals surface area (Å²) >= 11 is 1.53. The number of nitrogens with zero attached hydrogens (tertiary/aromatic N) is 1. The molecule has 9 heteroatoms. The molecule has 1 aliphatic rings. The van der Waals surface area contributed by atoms with E-state index >= 15 is 0 Å². The van der Waals surface area contributed by atoms with Crippen LogP contribution in [-0.2, 0) is 14.3 Å². The van der Waals surface area contributed by atoms with Gasteiger partial charge in [-0.3, -0.25) is 14.5 Å². The normalized spacial score (nSPS) is 15.5. The third kappa shape index (κ3) is 5.72. The van der Waals surface area contributed by atoms with Crippen molar-refractivity contribution in [3.8, 4) is 0 Å². The van der Waals surface area contributed by atoms with Gasteiger partial charge in [0, 0.05) is 18.7 Å². The van der Waals surface area contributed by atoms with Gasteiger partial charge in [-0.05, 0) is 44.4 Å². The topological polar surface area (TPSA) is 105 Å². The molecule has 0 aromatic heterocycles. The van der Waals surface area contributed by atoms with Crippen LogP contribution in [0.25, 0.3) is 0 Å². The molecule has 1 aromatic rings. The van der Waals surface area contributed by atoms with Crippen LogP contribution >= 0.6 is 11.8 Å². The summed E-state index contributed by atoms with van der Waals surface area (Å²) in [5.41, 5.74) is 1.37. The SMILES string of the molecule is CSCC[C@@H](NC(=O)c1cccc(C)c1)C(=O)O[C@H](C)C(=O)N1CCNC1=O. The minimum Gasteiger partial charge on any atom is -0.451 e. The average molecular weight is 407 g/mol. The number of hydrogen-bond acceptors (Lipinski definition) is 6. The Bertz CT molecular complexity index is 755. The molecule has 1 aromatic carbocycles. The number of thioether (sulfide) groups is 1. The van der Waals surface area contributed by atoms with E-state index in [9.17, 15) is 19.2 Å². The number of amides is 4. The van der Waals surface area contributed by atoms with Gasteiger partial charge >= 0.3 is 12.0 Å². The number of esters is 1. The predicted molar refractivity (Wildman–Crippen MR) is 106 cm³/mol. The Hall–Kier alpha value is -2.55. The van der Waals surface area contributed by atoms with E-state index in [0.29, 0.717) is 24.3 Å². The van der Waals surface area contributed by atoms with E-state index in [1.165, 1.54) is 18.7 Å². The Morgan fingerprint density at radius 2 is 2.11 bits per heavy atom. The van der Waals surface area contributed by atoms with Crippen molar-refractivity contribution in [2.45, 2.75) is 32.4 Å². The van der Waals surface area contributed by atoms with Crippen LogP contribution in [0.1, 0.15) is 29.3 Å². The molecule has 2 atom stereocenters. The van der Waals surface area contributed by atoms with Gasteiger partial charge in [0.25, 0.3) is 11.8 Å². The summed E-state index contributed by atoms with van der Waals surface area (Å²) < 4.78 is 5.26. The molecule has 0 unspecified atom stereocenters. The molecule has 0 radical (unpaired) electrons. The van der Waals surface area contributed by atoms with Crippen molar-refractivity contribution >= 4 is 35.6 Å². The van der Waals surface area contributed by atoms with Crippen LogP contribution in [0.15, 0.2) is 24.3 Å². The lowest BCUT2D eigenvalue weighted by Crippen LogP contribution is -2.46. The highest BCUT2D eigenvalue weighted by atomic mass is 32.2. The number of benzene rings is 1. The zero-order chi connectivity index (χ0) is 20.7. The number of aryl methyl sites for hydroxylation is 1. The first-order valence-corrected chi connectivity index (χ1v) is 10.4. The number of urea groups is 1. The lowest BCUT2D eigenvalue weighted by Gasteiger charge is -2.22. The van der Waals surface area contributed by atoms with Crippen LogP contribution < -0.4 is 10.6 Å². The first kappa shape index (κ1) is 21.7. The van der Waals surface area contributed by atoms with E-state index in [0.717, 1.165) is 10.5 Å². The molecule has 0 bridgehead atoms. The van der Waals surface area contributed by atoms with E-state index in [-0.39, 0.29) is 12.5 Å². The van der Waals surface area contributed by atoms with Gasteiger partial charge in [0.2, 0.25) is 0 Å². The summed E-state index contributed by atoms with van der Waals surface area (Å²) in [5, 5.41) is 5.21. The fraction of sp³-hybridized carbons (Fsp3) is 0.474. The molecular weight excluding hydrogens is 382 g/mol. The standard InChI is InChI=1S/C19H25N3O5S/c1-12-5-4-6-14(11-12)16(23)21-15(7-10-28-3)18(25)27-13(2)17(24)22-9-8-20-19(22)26/h4-6,11,13,15H,7-10H2,1-3H3,(H,20,26)(H,21,23)/t13-,15-/m1/s1. The van der Waals surface area contributed by atoms with Crippen molar-refractivity contribution < 1.29 is 23.9 Å². The molecule has 28 heavy (non-hydrogen) atoms. The monoisotopic (exact) mass is 407 g/mol. The average Bonchev–Trinajstić information content (AvgIpc) is 3.09. The summed E-state index contributed by atoms with van der Waals surface area (Å²) in [6.45, 7) is 3.89. The maximum atomic E-state index is 12.6. The molecular formula is C19H25N3O5S. The Labute approximate surface area is 168 Å². The zero-order valence-electron chi connectivity index (χ0n) is 16.2.